The van der Waals surface area contributed by atoms with Gasteiger partial charge in [0.2, 0.25) is 5.88 Å². The van der Waals surface area contributed by atoms with Gasteiger partial charge >= 0.3 is 0 Å². The molecule has 2 aromatic carbocycles. The van der Waals surface area contributed by atoms with Crippen LogP contribution in [0.1, 0.15) is 59.1 Å². The molecule has 200 valence electrons. The second-order valence-electron chi connectivity index (χ2n) is 10.5. The third kappa shape index (κ3) is 4.13. The Morgan fingerprint density at radius 3 is 2.10 bits per heavy atom. The van der Waals surface area contributed by atoms with Crippen molar-refractivity contribution in [2.24, 2.45) is 5.73 Å². The molecule has 0 unspecified atom stereocenters. The molecule has 40 heavy (non-hydrogen) atoms. The molecular weight excluding hydrogens is 496 g/mol. The second kappa shape index (κ2) is 10.0. The number of aryl methyl sites for hydroxylation is 2. The summed E-state index contributed by atoms with van der Waals surface area (Å²) >= 11 is 0. The number of nitrogens with two attached hydrogens (primary N) is 1. The molecular formula is C33H32N6O. The monoisotopic (exact) mass is 528 g/mol. The zero-order valence-electron chi connectivity index (χ0n) is 23.3. The van der Waals surface area contributed by atoms with Gasteiger partial charge in [0, 0.05) is 22.5 Å². The fourth-order valence-electron chi connectivity index (χ4n) is 6.12. The highest BCUT2D eigenvalue weighted by atomic mass is 16.5. The van der Waals surface area contributed by atoms with E-state index in [1.54, 1.807) is 0 Å². The fourth-order valence-corrected chi connectivity index (χ4v) is 6.12. The molecule has 1 aliphatic heterocycles. The van der Waals surface area contributed by atoms with Crippen LogP contribution in [-0.2, 0) is 4.74 Å². The molecule has 0 fully saturated rings. The van der Waals surface area contributed by atoms with Crippen LogP contribution < -0.4 is 5.73 Å². The quantitative estimate of drug-likeness (QED) is 0.321. The van der Waals surface area contributed by atoms with Crippen molar-refractivity contribution in [2.45, 2.75) is 52.9 Å². The summed E-state index contributed by atoms with van der Waals surface area (Å²) in [6.07, 6.45) is 4.84. The van der Waals surface area contributed by atoms with Crippen LogP contribution in [-0.4, -0.2) is 19.6 Å². The number of nitriles is 1. The van der Waals surface area contributed by atoms with E-state index in [0.717, 1.165) is 81.4 Å². The third-order valence-electron chi connectivity index (χ3n) is 8.01. The Bertz CT molecular complexity index is 1750. The van der Waals surface area contributed by atoms with Gasteiger partial charge in [0.25, 0.3) is 0 Å². The first-order valence-electron chi connectivity index (χ1n) is 13.6. The van der Waals surface area contributed by atoms with Crippen molar-refractivity contribution in [1.29, 1.82) is 5.26 Å². The molecule has 2 aliphatic rings. The number of hydrogen-bond acceptors (Lipinski definition) is 5. The van der Waals surface area contributed by atoms with E-state index in [1.165, 1.54) is 0 Å². The molecule has 1 atom stereocenters. The minimum Gasteiger partial charge on any atom is -0.440 e. The van der Waals surface area contributed by atoms with Crippen LogP contribution in [0.25, 0.3) is 17.5 Å². The van der Waals surface area contributed by atoms with Crippen molar-refractivity contribution in [3.05, 3.63) is 123 Å². The minimum atomic E-state index is -0.302. The van der Waals surface area contributed by atoms with Gasteiger partial charge in [-0.3, -0.25) is 0 Å². The molecule has 2 N–H and O–H groups in total. The first-order chi connectivity index (χ1) is 19.4. The molecule has 4 aromatic rings. The van der Waals surface area contributed by atoms with E-state index in [-0.39, 0.29) is 11.8 Å². The maximum atomic E-state index is 10.2. The lowest BCUT2D eigenvalue weighted by atomic mass is 9.76. The van der Waals surface area contributed by atoms with Crippen LogP contribution in [0.3, 0.4) is 0 Å². The molecule has 1 aliphatic carbocycles. The summed E-state index contributed by atoms with van der Waals surface area (Å²) in [5.41, 5.74) is 17.1. The highest BCUT2D eigenvalue weighted by Gasteiger charge is 2.38. The lowest BCUT2D eigenvalue weighted by molar-refractivity contribution is 0.277. The average Bonchev–Trinajstić information content (AvgIpc) is 3.42. The van der Waals surface area contributed by atoms with Crippen LogP contribution in [0.4, 0.5) is 0 Å². The van der Waals surface area contributed by atoms with Gasteiger partial charge in [-0.25, -0.2) is 9.36 Å². The van der Waals surface area contributed by atoms with Crippen LogP contribution in [0, 0.1) is 39.0 Å². The molecule has 0 saturated carbocycles. The van der Waals surface area contributed by atoms with Crippen molar-refractivity contribution in [3.63, 3.8) is 0 Å². The summed E-state index contributed by atoms with van der Waals surface area (Å²) in [6, 6.07) is 22.6. The van der Waals surface area contributed by atoms with Gasteiger partial charge in [0.15, 0.2) is 0 Å². The standard InChI is InChI=1S/C33H32N6O/c1-20-28(22(3)38(36-20)25-13-7-5-8-14-25)18-24-12-11-17-27-31(29(19-34)33(35)40-32(24)27)30-21(2)37-39(23(30)4)26-15-9-6-10-16-26/h5-10,13-16,18,31H,11-12,17,35H2,1-4H3/b24-18-/t31-/m1/s1. The van der Waals surface area contributed by atoms with Crippen LogP contribution >= 0.6 is 0 Å². The predicted molar refractivity (Wildman–Crippen MR) is 156 cm³/mol. The van der Waals surface area contributed by atoms with E-state index in [9.17, 15) is 5.26 Å². The minimum absolute atomic E-state index is 0.165. The van der Waals surface area contributed by atoms with Crippen LogP contribution in [0.2, 0.25) is 0 Å². The summed E-state index contributed by atoms with van der Waals surface area (Å²) in [7, 11) is 0. The van der Waals surface area contributed by atoms with Crippen molar-refractivity contribution >= 4 is 6.08 Å². The van der Waals surface area contributed by atoms with Crippen molar-refractivity contribution < 1.29 is 4.74 Å². The fraction of sp³-hybridized carbons (Fsp3) is 0.242. The normalized spacial score (nSPS) is 18.1. The Labute approximate surface area is 234 Å². The smallest absolute Gasteiger partial charge is 0.205 e. The predicted octanol–water partition coefficient (Wildman–Crippen LogP) is 6.62. The molecule has 7 heteroatoms. The van der Waals surface area contributed by atoms with Crippen molar-refractivity contribution in [2.75, 3.05) is 0 Å². The summed E-state index contributed by atoms with van der Waals surface area (Å²) in [6.45, 7) is 8.20. The SMILES string of the molecule is Cc1nn(-c2ccccc2)c(C)c1/C=C1/CCCC2=C1OC(N)=C(C#N)[C@@H]2c1c(C)nn(-c2ccccc2)c1C. The first-order valence-corrected chi connectivity index (χ1v) is 13.6. The van der Waals surface area contributed by atoms with E-state index < -0.39 is 0 Å². The molecule has 0 saturated heterocycles. The van der Waals surface area contributed by atoms with E-state index in [4.69, 9.17) is 20.7 Å². The number of ether oxygens (including phenoxy) is 1. The van der Waals surface area contributed by atoms with E-state index in [0.29, 0.717) is 5.57 Å². The summed E-state index contributed by atoms with van der Waals surface area (Å²) in [5, 5.41) is 19.9. The highest BCUT2D eigenvalue weighted by Crippen LogP contribution is 2.48. The topological polar surface area (TPSA) is 94.7 Å². The lowest BCUT2D eigenvalue weighted by Gasteiger charge is -2.33. The molecule has 0 radical (unpaired) electrons. The Hall–Kier alpha value is -4.83. The summed E-state index contributed by atoms with van der Waals surface area (Å²) in [4.78, 5) is 0. The van der Waals surface area contributed by atoms with Gasteiger partial charge in [0.05, 0.1) is 28.7 Å². The Morgan fingerprint density at radius 1 is 0.875 bits per heavy atom. The maximum Gasteiger partial charge on any atom is 0.205 e. The number of rotatable bonds is 4. The average molecular weight is 529 g/mol. The van der Waals surface area contributed by atoms with Gasteiger partial charge < -0.3 is 10.5 Å². The number of benzene rings is 2. The molecule has 2 aromatic heterocycles. The Morgan fingerprint density at radius 2 is 1.48 bits per heavy atom. The van der Waals surface area contributed by atoms with Crippen molar-refractivity contribution in [3.8, 4) is 17.4 Å². The van der Waals surface area contributed by atoms with E-state index >= 15 is 0 Å². The maximum absolute atomic E-state index is 10.2. The highest BCUT2D eigenvalue weighted by molar-refractivity contribution is 5.65. The second-order valence-corrected chi connectivity index (χ2v) is 10.5. The Kier molecular flexibility index (Phi) is 6.39. The molecule has 3 heterocycles. The van der Waals surface area contributed by atoms with Gasteiger partial charge in [-0.2, -0.15) is 15.5 Å². The summed E-state index contributed by atoms with van der Waals surface area (Å²) < 4.78 is 10.2. The van der Waals surface area contributed by atoms with Crippen LogP contribution in [0.15, 0.2) is 89.0 Å². The number of para-hydroxylation sites is 2. The van der Waals surface area contributed by atoms with Crippen molar-refractivity contribution in [1.82, 2.24) is 19.6 Å². The molecule has 6 rings (SSSR count). The van der Waals surface area contributed by atoms with Gasteiger partial charge in [0.1, 0.15) is 17.4 Å². The number of hydrogen-bond donors (Lipinski definition) is 1. The lowest BCUT2D eigenvalue weighted by Crippen LogP contribution is -2.24. The third-order valence-corrected chi connectivity index (χ3v) is 8.01. The van der Waals surface area contributed by atoms with E-state index in [2.05, 4.69) is 38.1 Å². The van der Waals surface area contributed by atoms with Gasteiger partial charge in [-0.1, -0.05) is 36.4 Å². The zero-order valence-corrected chi connectivity index (χ0v) is 23.3. The molecule has 7 nitrogen and oxygen atoms in total. The largest absolute Gasteiger partial charge is 0.440 e. The number of nitrogens with zero attached hydrogens (tertiary/aromatic N) is 5. The first kappa shape index (κ1) is 25.4. The molecule has 0 spiro atoms. The van der Waals surface area contributed by atoms with Gasteiger partial charge in [-0.05, 0) is 88.4 Å². The molecule has 0 bridgehead atoms. The van der Waals surface area contributed by atoms with Crippen LogP contribution in [0.5, 0.6) is 0 Å². The van der Waals surface area contributed by atoms with E-state index in [1.807, 2.05) is 71.7 Å². The molecule has 0 amide bonds. The summed E-state index contributed by atoms with van der Waals surface area (Å²) in [5.74, 6) is 0.646. The number of allylic oxidation sites excluding steroid dienone is 3. The number of aromatic nitrogens is 4. The Balaban J connectivity index is 1.49. The zero-order chi connectivity index (χ0) is 28.0. The van der Waals surface area contributed by atoms with Gasteiger partial charge in [-0.15, -0.1) is 0 Å².